The summed E-state index contributed by atoms with van der Waals surface area (Å²) in [5, 5.41) is 12.3. The Balaban J connectivity index is 2.26. The van der Waals surface area contributed by atoms with Crippen molar-refractivity contribution in [3.8, 4) is 0 Å². The minimum absolute atomic E-state index is 0.226. The molecule has 104 valence electrons. The number of carbonyl (C=O) groups is 2. The molecule has 0 bridgehead atoms. The molecule has 1 amide bonds. The van der Waals surface area contributed by atoms with Crippen LogP contribution in [0, 0.1) is 17.4 Å². The van der Waals surface area contributed by atoms with E-state index in [9.17, 15) is 9.59 Å². The summed E-state index contributed by atoms with van der Waals surface area (Å²) in [6.45, 7) is 3.66. The van der Waals surface area contributed by atoms with Crippen LogP contribution in [-0.2, 0) is 0 Å². The number of hydrogen-bond acceptors (Lipinski definition) is 3. The van der Waals surface area contributed by atoms with Crippen LogP contribution in [0.5, 0.6) is 0 Å². The summed E-state index contributed by atoms with van der Waals surface area (Å²) in [6, 6.07) is 7.20. The predicted molar refractivity (Wildman–Crippen MR) is 87.9 cm³/mol. The number of rotatable bonds is 3. The van der Waals surface area contributed by atoms with Crippen molar-refractivity contribution < 1.29 is 14.7 Å². The van der Waals surface area contributed by atoms with Gasteiger partial charge in [-0.15, -0.1) is 11.3 Å². The predicted octanol–water partition coefficient (Wildman–Crippen LogP) is 3.92. The number of thiophene rings is 1. The molecule has 1 aromatic heterocycles. The summed E-state index contributed by atoms with van der Waals surface area (Å²) in [7, 11) is 0. The molecule has 0 unspecified atom stereocenters. The first-order valence-electron chi connectivity index (χ1n) is 5.80. The summed E-state index contributed by atoms with van der Waals surface area (Å²) >= 11 is 3.20. The summed E-state index contributed by atoms with van der Waals surface area (Å²) in [6.07, 6.45) is 0. The van der Waals surface area contributed by atoms with Crippen LogP contribution in [0.25, 0.3) is 0 Å². The molecular weight excluding hydrogens is 389 g/mol. The molecular formula is C14H12INO3S. The van der Waals surface area contributed by atoms with Gasteiger partial charge < -0.3 is 10.4 Å². The minimum atomic E-state index is -0.974. The molecule has 1 heterocycles. The highest BCUT2D eigenvalue weighted by atomic mass is 127. The molecule has 0 spiro atoms. The van der Waals surface area contributed by atoms with E-state index in [1.54, 1.807) is 19.1 Å². The Morgan fingerprint density at radius 3 is 2.55 bits per heavy atom. The molecule has 0 atom stereocenters. The van der Waals surface area contributed by atoms with Gasteiger partial charge in [0.25, 0.3) is 5.91 Å². The molecule has 2 rings (SSSR count). The van der Waals surface area contributed by atoms with E-state index < -0.39 is 5.97 Å². The van der Waals surface area contributed by atoms with Crippen LogP contribution < -0.4 is 5.32 Å². The Hall–Kier alpha value is -1.41. The molecule has 0 aliphatic carbocycles. The van der Waals surface area contributed by atoms with Crippen molar-refractivity contribution in [1.29, 1.82) is 0 Å². The van der Waals surface area contributed by atoms with Crippen LogP contribution in [0.3, 0.4) is 0 Å². The number of anilines is 1. The Labute approximate surface area is 134 Å². The zero-order valence-electron chi connectivity index (χ0n) is 10.9. The lowest BCUT2D eigenvalue weighted by Crippen LogP contribution is -2.13. The Morgan fingerprint density at radius 1 is 1.25 bits per heavy atom. The number of carboxylic acid groups (broad SMARTS) is 1. The average Bonchev–Trinajstić information content (AvgIpc) is 2.73. The Bertz CT molecular complexity index is 694. The van der Waals surface area contributed by atoms with Gasteiger partial charge in [-0.3, -0.25) is 4.79 Å². The maximum atomic E-state index is 12.2. The number of aryl methyl sites for hydroxylation is 2. The number of halogens is 1. The third kappa shape index (κ3) is 3.01. The van der Waals surface area contributed by atoms with Crippen molar-refractivity contribution in [3.63, 3.8) is 0 Å². The lowest BCUT2D eigenvalue weighted by Gasteiger charge is -2.06. The van der Waals surface area contributed by atoms with Crippen LogP contribution in [0.1, 0.15) is 31.2 Å². The molecule has 4 nitrogen and oxygen atoms in total. The van der Waals surface area contributed by atoms with Crippen LogP contribution >= 0.6 is 33.9 Å². The number of nitrogens with one attached hydrogen (secondary N) is 1. The van der Waals surface area contributed by atoms with Gasteiger partial charge in [0.05, 0.1) is 10.6 Å². The van der Waals surface area contributed by atoms with Gasteiger partial charge in [0.15, 0.2) is 0 Å². The fraction of sp³-hybridized carbons (Fsp3) is 0.143. The summed E-state index contributed by atoms with van der Waals surface area (Å²) in [5.41, 5.74) is 2.28. The van der Waals surface area contributed by atoms with E-state index in [1.807, 2.05) is 19.1 Å². The molecule has 0 aliphatic rings. The third-order valence-corrected chi connectivity index (χ3v) is 5.36. The van der Waals surface area contributed by atoms with Crippen molar-refractivity contribution in [2.75, 3.05) is 5.32 Å². The average molecular weight is 401 g/mol. The quantitative estimate of drug-likeness (QED) is 0.767. The van der Waals surface area contributed by atoms with E-state index in [-0.39, 0.29) is 10.8 Å². The second-order valence-electron chi connectivity index (χ2n) is 4.32. The maximum Gasteiger partial charge on any atom is 0.346 e. The molecule has 1 aromatic carbocycles. The molecule has 0 fully saturated rings. The zero-order valence-corrected chi connectivity index (χ0v) is 13.8. The third-order valence-electron chi connectivity index (χ3n) is 2.79. The molecule has 20 heavy (non-hydrogen) atoms. The van der Waals surface area contributed by atoms with Crippen molar-refractivity contribution in [3.05, 3.63) is 49.4 Å². The zero-order chi connectivity index (χ0) is 14.9. The Kier molecular flexibility index (Phi) is 4.44. The van der Waals surface area contributed by atoms with Gasteiger partial charge in [0.1, 0.15) is 4.88 Å². The molecule has 0 saturated heterocycles. The lowest BCUT2D eigenvalue weighted by molar-refractivity contribution is 0.0701. The smallest absolute Gasteiger partial charge is 0.346 e. The van der Waals surface area contributed by atoms with Crippen molar-refractivity contribution in [2.45, 2.75) is 13.8 Å². The molecule has 0 radical (unpaired) electrons. The van der Waals surface area contributed by atoms with Gasteiger partial charge in [-0.1, -0.05) is 12.1 Å². The highest BCUT2D eigenvalue weighted by Gasteiger charge is 2.16. The summed E-state index contributed by atoms with van der Waals surface area (Å²) in [4.78, 5) is 23.5. The van der Waals surface area contributed by atoms with E-state index in [0.29, 0.717) is 16.1 Å². The van der Waals surface area contributed by atoms with Gasteiger partial charge in [-0.25, -0.2) is 4.79 Å². The molecule has 2 N–H and O–H groups in total. The number of aromatic carboxylic acids is 1. The number of hydrogen-bond donors (Lipinski definition) is 2. The normalized spacial score (nSPS) is 10.3. The first-order valence-corrected chi connectivity index (χ1v) is 7.70. The summed E-state index contributed by atoms with van der Waals surface area (Å²) in [5.74, 6) is -1.20. The van der Waals surface area contributed by atoms with Gasteiger partial charge in [-0.2, -0.15) is 0 Å². The molecule has 0 aliphatic heterocycles. The fourth-order valence-electron chi connectivity index (χ4n) is 1.76. The van der Waals surface area contributed by atoms with Gasteiger partial charge in [0.2, 0.25) is 0 Å². The van der Waals surface area contributed by atoms with Crippen molar-refractivity contribution >= 4 is 50.8 Å². The fourth-order valence-corrected chi connectivity index (χ4v) is 3.27. The molecule has 2 aromatic rings. The monoisotopic (exact) mass is 401 g/mol. The van der Waals surface area contributed by atoms with Gasteiger partial charge >= 0.3 is 5.97 Å². The standard InChI is InChI=1S/C14H12INO3S/c1-7-4-3-5-9(11(7)15)13(17)16-10-6-8(2)12(20-10)14(18)19/h3-6H,1-2H3,(H,16,17)(H,18,19). The van der Waals surface area contributed by atoms with Gasteiger partial charge in [-0.05, 0) is 59.7 Å². The van der Waals surface area contributed by atoms with E-state index in [4.69, 9.17) is 5.11 Å². The Morgan fingerprint density at radius 2 is 1.95 bits per heavy atom. The highest BCUT2D eigenvalue weighted by molar-refractivity contribution is 14.1. The van der Waals surface area contributed by atoms with Crippen molar-refractivity contribution in [2.24, 2.45) is 0 Å². The van der Waals surface area contributed by atoms with Crippen LogP contribution in [0.4, 0.5) is 5.00 Å². The largest absolute Gasteiger partial charge is 0.477 e. The van der Waals surface area contributed by atoms with E-state index in [1.165, 1.54) is 0 Å². The van der Waals surface area contributed by atoms with E-state index in [0.717, 1.165) is 20.5 Å². The first kappa shape index (κ1) is 15.0. The lowest BCUT2D eigenvalue weighted by atomic mass is 10.1. The van der Waals surface area contributed by atoms with Gasteiger partial charge in [0, 0.05) is 3.57 Å². The van der Waals surface area contributed by atoms with Crippen molar-refractivity contribution in [1.82, 2.24) is 0 Å². The first-order chi connectivity index (χ1) is 9.40. The van der Waals surface area contributed by atoms with E-state index in [2.05, 4.69) is 27.9 Å². The second-order valence-corrected chi connectivity index (χ2v) is 6.45. The second kappa shape index (κ2) is 5.92. The van der Waals surface area contributed by atoms with Crippen LogP contribution in [0.15, 0.2) is 24.3 Å². The number of carboxylic acids is 1. The van der Waals surface area contributed by atoms with Crippen LogP contribution in [-0.4, -0.2) is 17.0 Å². The highest BCUT2D eigenvalue weighted by Crippen LogP contribution is 2.27. The maximum absolute atomic E-state index is 12.2. The van der Waals surface area contributed by atoms with E-state index >= 15 is 0 Å². The summed E-state index contributed by atoms with van der Waals surface area (Å²) < 4.78 is 0.898. The number of amides is 1. The van der Waals surface area contributed by atoms with Crippen LogP contribution in [0.2, 0.25) is 0 Å². The minimum Gasteiger partial charge on any atom is -0.477 e. The number of carbonyl (C=O) groups excluding carboxylic acids is 1. The molecule has 0 saturated carbocycles. The topological polar surface area (TPSA) is 66.4 Å². The SMILES string of the molecule is Cc1cc(NC(=O)c2cccc(C)c2I)sc1C(=O)O. The number of benzene rings is 1. The molecule has 6 heteroatoms.